The molecule has 2 aromatic rings. The number of aromatic amines is 1. The van der Waals surface area contributed by atoms with Gasteiger partial charge in [-0.2, -0.15) is 0 Å². The molecule has 20 heavy (non-hydrogen) atoms. The maximum atomic E-state index is 3.70. The van der Waals surface area contributed by atoms with Crippen LogP contribution in [-0.2, 0) is 6.42 Å². The van der Waals surface area contributed by atoms with E-state index >= 15 is 0 Å². The second kappa shape index (κ2) is 4.36. The van der Waals surface area contributed by atoms with E-state index in [0.29, 0.717) is 5.92 Å². The summed E-state index contributed by atoms with van der Waals surface area (Å²) in [5.41, 5.74) is 5.83. The van der Waals surface area contributed by atoms with E-state index in [4.69, 9.17) is 0 Å². The molecule has 1 aliphatic heterocycles. The number of likely N-dealkylation sites (tertiary alicyclic amines) is 1. The molecule has 2 nitrogen and oxygen atoms in total. The van der Waals surface area contributed by atoms with Crippen LogP contribution in [0.3, 0.4) is 0 Å². The molecule has 2 aliphatic rings. The van der Waals surface area contributed by atoms with Gasteiger partial charge in [-0.25, -0.2) is 0 Å². The number of benzene rings is 1. The van der Waals surface area contributed by atoms with Crippen molar-refractivity contribution in [1.29, 1.82) is 0 Å². The molecular weight excluding hydrogens is 244 g/mol. The fourth-order valence-electron chi connectivity index (χ4n) is 4.56. The van der Waals surface area contributed by atoms with Gasteiger partial charge in [0.05, 0.1) is 0 Å². The number of piperidine rings is 1. The Morgan fingerprint density at radius 1 is 1.30 bits per heavy atom. The van der Waals surface area contributed by atoms with Gasteiger partial charge in [0, 0.05) is 23.1 Å². The molecule has 0 saturated carbocycles. The first kappa shape index (κ1) is 12.5. The van der Waals surface area contributed by atoms with Gasteiger partial charge in [0.15, 0.2) is 0 Å². The summed E-state index contributed by atoms with van der Waals surface area (Å²) in [4.78, 5) is 6.22. The van der Waals surface area contributed by atoms with Crippen LogP contribution in [0.1, 0.15) is 36.1 Å². The monoisotopic (exact) mass is 268 g/mol. The minimum Gasteiger partial charge on any atom is -0.358 e. The van der Waals surface area contributed by atoms with Gasteiger partial charge in [0.2, 0.25) is 0 Å². The summed E-state index contributed by atoms with van der Waals surface area (Å²) >= 11 is 0. The SMILES string of the molecule is Cc1ccc2[nH]c3c(c2c1)C(C)C1CN(C)CCC1C3. The van der Waals surface area contributed by atoms with Gasteiger partial charge < -0.3 is 9.88 Å². The quantitative estimate of drug-likeness (QED) is 0.772. The molecule has 2 heterocycles. The number of nitrogens with zero attached hydrogens (tertiary/aromatic N) is 1. The fraction of sp³-hybridized carbons (Fsp3) is 0.556. The number of hydrogen-bond acceptors (Lipinski definition) is 1. The molecule has 3 unspecified atom stereocenters. The summed E-state index contributed by atoms with van der Waals surface area (Å²) in [7, 11) is 2.28. The first-order valence-electron chi connectivity index (χ1n) is 7.93. The highest BCUT2D eigenvalue weighted by Crippen LogP contribution is 2.45. The van der Waals surface area contributed by atoms with Crippen LogP contribution in [-0.4, -0.2) is 30.0 Å². The van der Waals surface area contributed by atoms with Gasteiger partial charge in [-0.3, -0.25) is 0 Å². The van der Waals surface area contributed by atoms with Crippen molar-refractivity contribution in [3.05, 3.63) is 35.0 Å². The lowest BCUT2D eigenvalue weighted by molar-refractivity contribution is 0.116. The largest absolute Gasteiger partial charge is 0.358 e. The molecule has 1 fully saturated rings. The van der Waals surface area contributed by atoms with Crippen molar-refractivity contribution in [2.45, 2.75) is 32.6 Å². The van der Waals surface area contributed by atoms with Crippen LogP contribution in [0.4, 0.5) is 0 Å². The average Bonchev–Trinajstić information content (AvgIpc) is 2.77. The Morgan fingerprint density at radius 3 is 3.00 bits per heavy atom. The summed E-state index contributed by atoms with van der Waals surface area (Å²) in [6.07, 6.45) is 2.62. The van der Waals surface area contributed by atoms with Gasteiger partial charge in [0.25, 0.3) is 0 Å². The normalized spacial score (nSPS) is 30.2. The molecule has 4 rings (SSSR count). The zero-order valence-corrected chi connectivity index (χ0v) is 12.7. The van der Waals surface area contributed by atoms with Gasteiger partial charge >= 0.3 is 0 Å². The van der Waals surface area contributed by atoms with Crippen LogP contribution >= 0.6 is 0 Å². The third kappa shape index (κ3) is 1.74. The van der Waals surface area contributed by atoms with Crippen LogP contribution < -0.4 is 0 Å². The summed E-state index contributed by atoms with van der Waals surface area (Å²) in [5, 5.41) is 1.47. The number of nitrogens with one attached hydrogen (secondary N) is 1. The number of hydrogen-bond donors (Lipinski definition) is 1. The minimum absolute atomic E-state index is 0.682. The first-order valence-corrected chi connectivity index (χ1v) is 7.93. The van der Waals surface area contributed by atoms with E-state index in [1.807, 2.05) is 0 Å². The summed E-state index contributed by atoms with van der Waals surface area (Å²) < 4.78 is 0. The van der Waals surface area contributed by atoms with Crippen LogP contribution in [0.15, 0.2) is 18.2 Å². The molecule has 0 spiro atoms. The molecule has 1 N–H and O–H groups in total. The van der Waals surface area contributed by atoms with Crippen LogP contribution in [0.5, 0.6) is 0 Å². The lowest BCUT2D eigenvalue weighted by atomic mass is 9.68. The number of aryl methyl sites for hydroxylation is 1. The number of fused-ring (bicyclic) bond motifs is 4. The van der Waals surface area contributed by atoms with E-state index in [-0.39, 0.29) is 0 Å². The second-order valence-corrected chi connectivity index (χ2v) is 7.03. The van der Waals surface area contributed by atoms with Crippen molar-refractivity contribution in [2.24, 2.45) is 11.8 Å². The highest BCUT2D eigenvalue weighted by molar-refractivity contribution is 5.86. The lowest BCUT2D eigenvalue weighted by Gasteiger charge is -2.43. The van der Waals surface area contributed by atoms with E-state index in [9.17, 15) is 0 Å². The Balaban J connectivity index is 1.85. The van der Waals surface area contributed by atoms with Crippen molar-refractivity contribution < 1.29 is 0 Å². The average molecular weight is 268 g/mol. The molecule has 0 amide bonds. The van der Waals surface area contributed by atoms with Crippen molar-refractivity contribution in [3.63, 3.8) is 0 Å². The van der Waals surface area contributed by atoms with Gasteiger partial charge in [-0.05, 0) is 68.8 Å². The van der Waals surface area contributed by atoms with E-state index < -0.39 is 0 Å². The molecule has 106 valence electrons. The van der Waals surface area contributed by atoms with Crippen molar-refractivity contribution in [3.8, 4) is 0 Å². The van der Waals surface area contributed by atoms with Crippen molar-refractivity contribution >= 4 is 10.9 Å². The smallest absolute Gasteiger partial charge is 0.0459 e. The number of H-pyrrole nitrogens is 1. The molecule has 3 atom stereocenters. The van der Waals surface area contributed by atoms with Crippen LogP contribution in [0.2, 0.25) is 0 Å². The fourth-order valence-corrected chi connectivity index (χ4v) is 4.56. The molecule has 2 heteroatoms. The maximum Gasteiger partial charge on any atom is 0.0459 e. The Kier molecular flexibility index (Phi) is 2.71. The van der Waals surface area contributed by atoms with Gasteiger partial charge in [-0.15, -0.1) is 0 Å². The predicted octanol–water partition coefficient (Wildman–Crippen LogP) is 3.70. The highest BCUT2D eigenvalue weighted by atomic mass is 15.1. The maximum absolute atomic E-state index is 3.70. The zero-order valence-electron chi connectivity index (χ0n) is 12.7. The molecule has 1 aromatic carbocycles. The Morgan fingerprint density at radius 2 is 2.15 bits per heavy atom. The number of rotatable bonds is 0. The Labute approximate surface area is 121 Å². The molecule has 1 aliphatic carbocycles. The second-order valence-electron chi connectivity index (χ2n) is 7.03. The molecule has 0 radical (unpaired) electrons. The Bertz CT molecular complexity index is 655. The predicted molar refractivity (Wildman–Crippen MR) is 84.2 cm³/mol. The first-order chi connectivity index (χ1) is 9.63. The number of aromatic nitrogens is 1. The molecule has 0 bridgehead atoms. The van der Waals surface area contributed by atoms with E-state index in [1.165, 1.54) is 48.1 Å². The standard InChI is InChI=1S/C18H24N2/c1-11-4-5-16-14(8-11)18-12(2)15-10-20(3)7-6-13(15)9-17(18)19-16/h4-5,8,12-13,15,19H,6-7,9-10H2,1-3H3. The van der Waals surface area contributed by atoms with E-state index in [2.05, 4.69) is 49.0 Å². The van der Waals surface area contributed by atoms with Crippen molar-refractivity contribution in [2.75, 3.05) is 20.1 Å². The van der Waals surface area contributed by atoms with Gasteiger partial charge in [-0.1, -0.05) is 18.6 Å². The highest BCUT2D eigenvalue weighted by Gasteiger charge is 2.38. The van der Waals surface area contributed by atoms with Gasteiger partial charge in [0.1, 0.15) is 0 Å². The Hall–Kier alpha value is -1.28. The molecular formula is C18H24N2. The zero-order chi connectivity index (χ0) is 13.9. The topological polar surface area (TPSA) is 19.0 Å². The molecule has 1 aromatic heterocycles. The minimum atomic E-state index is 0.682. The lowest BCUT2D eigenvalue weighted by Crippen LogP contribution is -2.43. The van der Waals surface area contributed by atoms with E-state index in [1.54, 1.807) is 5.56 Å². The molecule has 1 saturated heterocycles. The third-order valence-corrected chi connectivity index (χ3v) is 5.65. The van der Waals surface area contributed by atoms with Crippen LogP contribution in [0, 0.1) is 18.8 Å². The van der Waals surface area contributed by atoms with Crippen LogP contribution in [0.25, 0.3) is 10.9 Å². The summed E-state index contributed by atoms with van der Waals surface area (Å²) in [5.74, 6) is 2.39. The van der Waals surface area contributed by atoms with Crippen molar-refractivity contribution in [1.82, 2.24) is 9.88 Å². The third-order valence-electron chi connectivity index (χ3n) is 5.65. The summed E-state index contributed by atoms with van der Waals surface area (Å²) in [6.45, 7) is 7.18. The van der Waals surface area contributed by atoms with E-state index in [0.717, 1.165) is 11.8 Å². The summed E-state index contributed by atoms with van der Waals surface area (Å²) in [6, 6.07) is 6.84.